The van der Waals surface area contributed by atoms with Crippen LogP contribution in [0.3, 0.4) is 0 Å². The number of nitrogens with zero attached hydrogens (tertiary/aromatic N) is 1. The van der Waals surface area contributed by atoms with Gasteiger partial charge in [0.2, 0.25) is 0 Å². The highest BCUT2D eigenvalue weighted by atomic mass is 32.2. The molecular formula is C19H22N2O4S. The Morgan fingerprint density at radius 2 is 1.69 bits per heavy atom. The molecule has 1 saturated heterocycles. The second-order valence-corrected chi connectivity index (χ2v) is 8.15. The number of likely N-dealkylation sites (tertiary alicyclic amines) is 1. The number of carbonyl (C=O) groups excluding carboxylic acids is 1. The monoisotopic (exact) mass is 374 g/mol. The number of aliphatic hydroxyl groups is 1. The zero-order valence-corrected chi connectivity index (χ0v) is 15.4. The van der Waals surface area contributed by atoms with Gasteiger partial charge < -0.3 is 10.0 Å². The highest BCUT2D eigenvalue weighted by molar-refractivity contribution is 7.92. The SMILES string of the molecule is Cc1ccccc1NS(=O)(=O)c1ccc(C(=O)N2CCC(O)CC2)cc1. The summed E-state index contributed by atoms with van der Waals surface area (Å²) in [5, 5.41) is 9.53. The molecule has 0 atom stereocenters. The van der Waals surface area contributed by atoms with Gasteiger partial charge in [-0.3, -0.25) is 9.52 Å². The Labute approximate surface area is 153 Å². The topological polar surface area (TPSA) is 86.7 Å². The first-order valence-electron chi connectivity index (χ1n) is 8.53. The molecule has 26 heavy (non-hydrogen) atoms. The summed E-state index contributed by atoms with van der Waals surface area (Å²) >= 11 is 0. The first-order valence-corrected chi connectivity index (χ1v) is 10.0. The van der Waals surface area contributed by atoms with Crippen molar-refractivity contribution >= 4 is 21.6 Å². The van der Waals surface area contributed by atoms with Crippen LogP contribution in [-0.4, -0.2) is 43.5 Å². The lowest BCUT2D eigenvalue weighted by atomic mass is 10.1. The minimum atomic E-state index is -3.72. The summed E-state index contributed by atoms with van der Waals surface area (Å²) in [6, 6.07) is 13.1. The summed E-state index contributed by atoms with van der Waals surface area (Å²) in [7, 11) is -3.72. The van der Waals surface area contributed by atoms with Crippen molar-refractivity contribution in [3.8, 4) is 0 Å². The third kappa shape index (κ3) is 4.05. The van der Waals surface area contributed by atoms with Gasteiger partial charge in [-0.1, -0.05) is 18.2 Å². The molecule has 138 valence electrons. The predicted octanol–water partition coefficient (Wildman–Crippen LogP) is 2.39. The second kappa shape index (κ2) is 7.47. The highest BCUT2D eigenvalue weighted by Gasteiger charge is 2.23. The van der Waals surface area contributed by atoms with Crippen LogP contribution in [-0.2, 0) is 10.0 Å². The van der Waals surface area contributed by atoms with Crippen molar-refractivity contribution in [2.75, 3.05) is 17.8 Å². The summed E-state index contributed by atoms with van der Waals surface area (Å²) in [6.45, 7) is 2.85. The van der Waals surface area contributed by atoms with Gasteiger partial charge in [0, 0.05) is 18.7 Å². The maximum Gasteiger partial charge on any atom is 0.261 e. The van der Waals surface area contributed by atoms with Gasteiger partial charge in [-0.15, -0.1) is 0 Å². The number of aliphatic hydroxyl groups excluding tert-OH is 1. The van der Waals surface area contributed by atoms with Gasteiger partial charge in [-0.25, -0.2) is 8.42 Å². The van der Waals surface area contributed by atoms with Crippen LogP contribution in [0.25, 0.3) is 0 Å². The number of amides is 1. The minimum absolute atomic E-state index is 0.103. The molecule has 0 radical (unpaired) electrons. The molecule has 0 aliphatic carbocycles. The third-order valence-corrected chi connectivity index (χ3v) is 5.93. The molecule has 2 aromatic rings. The van der Waals surface area contributed by atoms with Crippen molar-refractivity contribution in [3.63, 3.8) is 0 Å². The van der Waals surface area contributed by atoms with Gasteiger partial charge in [-0.05, 0) is 55.7 Å². The Morgan fingerprint density at radius 1 is 1.08 bits per heavy atom. The molecule has 1 aliphatic rings. The van der Waals surface area contributed by atoms with Crippen LogP contribution in [0.4, 0.5) is 5.69 Å². The van der Waals surface area contributed by atoms with Crippen molar-refractivity contribution in [1.82, 2.24) is 4.90 Å². The number of nitrogens with one attached hydrogen (secondary N) is 1. The Morgan fingerprint density at radius 3 is 2.31 bits per heavy atom. The predicted molar refractivity (Wildman–Crippen MR) is 99.6 cm³/mol. The fourth-order valence-corrected chi connectivity index (χ4v) is 4.05. The average Bonchev–Trinajstić information content (AvgIpc) is 2.64. The quantitative estimate of drug-likeness (QED) is 0.860. The molecule has 1 amide bonds. The van der Waals surface area contributed by atoms with E-state index in [1.807, 2.05) is 19.1 Å². The van der Waals surface area contributed by atoms with E-state index in [1.54, 1.807) is 17.0 Å². The number of rotatable bonds is 4. The number of sulfonamides is 1. The normalized spacial score (nSPS) is 15.7. The maximum absolute atomic E-state index is 12.5. The van der Waals surface area contributed by atoms with E-state index in [0.29, 0.717) is 37.2 Å². The van der Waals surface area contributed by atoms with Gasteiger partial charge in [0.1, 0.15) is 0 Å². The lowest BCUT2D eigenvalue weighted by Crippen LogP contribution is -2.40. The zero-order chi connectivity index (χ0) is 18.7. The lowest BCUT2D eigenvalue weighted by molar-refractivity contribution is 0.0546. The van der Waals surface area contributed by atoms with Crippen molar-refractivity contribution in [2.45, 2.75) is 30.8 Å². The number of aryl methyl sites for hydroxylation is 1. The number of hydrogen-bond acceptors (Lipinski definition) is 4. The summed E-state index contributed by atoms with van der Waals surface area (Å²) in [6.07, 6.45) is 0.788. The van der Waals surface area contributed by atoms with Gasteiger partial charge in [0.25, 0.3) is 15.9 Å². The number of carbonyl (C=O) groups is 1. The minimum Gasteiger partial charge on any atom is -0.393 e. The van der Waals surface area contributed by atoms with E-state index in [0.717, 1.165) is 5.56 Å². The molecule has 1 fully saturated rings. The van der Waals surface area contributed by atoms with Gasteiger partial charge in [0.05, 0.1) is 16.7 Å². The van der Waals surface area contributed by atoms with Crippen LogP contribution in [0.2, 0.25) is 0 Å². The molecule has 2 aromatic carbocycles. The average molecular weight is 374 g/mol. The van der Waals surface area contributed by atoms with Crippen LogP contribution in [0.5, 0.6) is 0 Å². The summed E-state index contributed by atoms with van der Waals surface area (Å²) < 4.78 is 27.6. The molecule has 1 heterocycles. The van der Waals surface area contributed by atoms with Crippen molar-refractivity contribution in [1.29, 1.82) is 0 Å². The number of anilines is 1. The van der Waals surface area contributed by atoms with E-state index in [9.17, 15) is 18.3 Å². The Hall–Kier alpha value is -2.38. The summed E-state index contributed by atoms with van der Waals surface area (Å²) in [4.78, 5) is 14.3. The molecule has 2 N–H and O–H groups in total. The van der Waals surface area contributed by atoms with Crippen molar-refractivity contribution < 1.29 is 18.3 Å². The lowest BCUT2D eigenvalue weighted by Gasteiger charge is -2.29. The van der Waals surface area contributed by atoms with Crippen molar-refractivity contribution in [2.24, 2.45) is 0 Å². The molecule has 6 nitrogen and oxygen atoms in total. The number of piperidine rings is 1. The van der Waals surface area contributed by atoms with E-state index >= 15 is 0 Å². The summed E-state index contributed by atoms with van der Waals surface area (Å²) in [5.74, 6) is -0.146. The molecule has 0 aromatic heterocycles. The van der Waals surface area contributed by atoms with Crippen LogP contribution in [0, 0.1) is 6.92 Å². The van der Waals surface area contributed by atoms with Crippen LogP contribution in [0.15, 0.2) is 53.4 Å². The first kappa shape index (κ1) is 18.4. The van der Waals surface area contributed by atoms with Gasteiger partial charge in [0.15, 0.2) is 0 Å². The molecule has 0 bridgehead atoms. The maximum atomic E-state index is 12.5. The molecule has 3 rings (SSSR count). The highest BCUT2D eigenvalue weighted by Crippen LogP contribution is 2.20. The molecule has 7 heteroatoms. The number of hydrogen-bond donors (Lipinski definition) is 2. The largest absolute Gasteiger partial charge is 0.393 e. The van der Waals surface area contributed by atoms with Crippen LogP contribution in [0.1, 0.15) is 28.8 Å². The van der Waals surface area contributed by atoms with Gasteiger partial charge >= 0.3 is 0 Å². The smallest absolute Gasteiger partial charge is 0.261 e. The van der Waals surface area contributed by atoms with Crippen LogP contribution >= 0.6 is 0 Å². The van der Waals surface area contributed by atoms with E-state index in [1.165, 1.54) is 24.3 Å². The second-order valence-electron chi connectivity index (χ2n) is 6.47. The Balaban J connectivity index is 1.74. The van der Waals surface area contributed by atoms with E-state index in [4.69, 9.17) is 0 Å². The fraction of sp³-hybridized carbons (Fsp3) is 0.316. The molecule has 0 unspecified atom stereocenters. The zero-order valence-electron chi connectivity index (χ0n) is 14.6. The Bertz CT molecular complexity index is 886. The molecule has 1 aliphatic heterocycles. The van der Waals surface area contributed by atoms with E-state index in [2.05, 4.69) is 4.72 Å². The van der Waals surface area contributed by atoms with E-state index < -0.39 is 10.0 Å². The molecular weight excluding hydrogens is 352 g/mol. The summed E-state index contributed by atoms with van der Waals surface area (Å²) in [5.41, 5.74) is 1.80. The Kier molecular flexibility index (Phi) is 5.29. The molecule has 0 spiro atoms. The standard InChI is InChI=1S/C19H22N2O4S/c1-14-4-2-3-5-18(14)20-26(24,25)17-8-6-15(7-9-17)19(23)21-12-10-16(22)11-13-21/h2-9,16,20,22H,10-13H2,1H3. The van der Waals surface area contributed by atoms with E-state index in [-0.39, 0.29) is 16.9 Å². The number of para-hydroxylation sites is 1. The first-order chi connectivity index (χ1) is 12.4. The van der Waals surface area contributed by atoms with Gasteiger partial charge in [-0.2, -0.15) is 0 Å². The number of benzene rings is 2. The molecule has 0 saturated carbocycles. The fourth-order valence-electron chi connectivity index (χ4n) is 2.92. The van der Waals surface area contributed by atoms with Crippen molar-refractivity contribution in [3.05, 3.63) is 59.7 Å². The van der Waals surface area contributed by atoms with Crippen LogP contribution < -0.4 is 4.72 Å². The third-order valence-electron chi connectivity index (χ3n) is 4.55.